The third-order valence-corrected chi connectivity index (χ3v) is 5.01. The number of amides is 2. The maximum absolute atomic E-state index is 14.2. The van der Waals surface area contributed by atoms with Crippen molar-refractivity contribution in [3.8, 4) is 5.88 Å². The zero-order valence-electron chi connectivity index (χ0n) is 16.3. The first-order valence-electron chi connectivity index (χ1n) is 9.42. The molecule has 1 saturated heterocycles. The van der Waals surface area contributed by atoms with Gasteiger partial charge in [-0.05, 0) is 30.7 Å². The third kappa shape index (κ3) is 4.14. The number of hydrogen-bond donors (Lipinski definition) is 1. The van der Waals surface area contributed by atoms with Gasteiger partial charge in [-0.3, -0.25) is 9.59 Å². The molecule has 0 saturated carbocycles. The van der Waals surface area contributed by atoms with E-state index in [2.05, 4.69) is 15.3 Å². The normalized spacial score (nSPS) is 15.8. The van der Waals surface area contributed by atoms with E-state index in [9.17, 15) is 14.0 Å². The molecule has 1 N–H and O–H groups in total. The quantitative estimate of drug-likeness (QED) is 0.700. The van der Waals surface area contributed by atoms with Gasteiger partial charge in [-0.15, -0.1) is 0 Å². The molecule has 0 radical (unpaired) electrons. The lowest BCUT2D eigenvalue weighted by atomic mass is 10.1. The number of nitrogens with one attached hydrogen (secondary N) is 1. The Bertz CT molecular complexity index is 1070. The van der Waals surface area contributed by atoms with Crippen LogP contribution in [0.15, 0.2) is 55.2 Å². The van der Waals surface area contributed by atoms with Gasteiger partial charge in [0.15, 0.2) is 0 Å². The Morgan fingerprint density at radius 3 is 2.83 bits per heavy atom. The zero-order chi connectivity index (χ0) is 21.1. The second kappa shape index (κ2) is 8.32. The fourth-order valence-electron chi connectivity index (χ4n) is 3.49. The summed E-state index contributed by atoms with van der Waals surface area (Å²) in [7, 11) is 1.45. The maximum Gasteiger partial charge on any atom is 0.255 e. The Kier molecular flexibility index (Phi) is 5.42. The Hall–Kier alpha value is -3.75. The van der Waals surface area contributed by atoms with Crippen molar-refractivity contribution in [3.05, 3.63) is 72.2 Å². The van der Waals surface area contributed by atoms with Gasteiger partial charge >= 0.3 is 0 Å². The average Bonchev–Trinajstić information content (AvgIpc) is 3.44. The molecule has 2 aromatic heterocycles. The summed E-state index contributed by atoms with van der Waals surface area (Å²) in [6.45, 7) is 1.08. The SMILES string of the molecule is COc1cc(C(=O)Nc2cc(F)cc(C(=O)N3CCC(n4ccnc4)C3)c2)ccn1. The third-order valence-electron chi connectivity index (χ3n) is 5.01. The van der Waals surface area contributed by atoms with Crippen molar-refractivity contribution in [1.82, 2.24) is 19.4 Å². The van der Waals surface area contributed by atoms with Crippen LogP contribution in [-0.4, -0.2) is 51.4 Å². The van der Waals surface area contributed by atoms with Crippen LogP contribution in [-0.2, 0) is 0 Å². The smallest absolute Gasteiger partial charge is 0.255 e. The lowest BCUT2D eigenvalue weighted by Crippen LogP contribution is -2.29. The molecule has 1 atom stereocenters. The minimum atomic E-state index is -0.603. The summed E-state index contributed by atoms with van der Waals surface area (Å²) >= 11 is 0. The number of imidazole rings is 1. The van der Waals surface area contributed by atoms with Crippen LogP contribution in [0.25, 0.3) is 0 Å². The molecule has 2 amide bonds. The number of carbonyl (C=O) groups excluding carboxylic acids is 2. The van der Waals surface area contributed by atoms with Crippen molar-refractivity contribution in [2.75, 3.05) is 25.5 Å². The van der Waals surface area contributed by atoms with Gasteiger partial charge in [0.1, 0.15) is 5.82 Å². The summed E-state index contributed by atoms with van der Waals surface area (Å²) in [4.78, 5) is 35.1. The van der Waals surface area contributed by atoms with E-state index in [4.69, 9.17) is 4.74 Å². The highest BCUT2D eigenvalue weighted by atomic mass is 19.1. The van der Waals surface area contributed by atoms with E-state index < -0.39 is 11.7 Å². The standard InChI is InChI=1S/C21H20FN5O3/c1-30-19-10-14(2-4-24-19)20(28)25-17-9-15(8-16(22)11-17)21(29)26-6-3-18(12-26)27-7-5-23-13-27/h2,4-5,7-11,13,18H,3,6,12H2,1H3,(H,25,28). The highest BCUT2D eigenvalue weighted by molar-refractivity contribution is 6.05. The number of likely N-dealkylation sites (tertiary alicyclic amines) is 1. The van der Waals surface area contributed by atoms with Crippen LogP contribution < -0.4 is 10.1 Å². The van der Waals surface area contributed by atoms with Gasteiger partial charge in [0.2, 0.25) is 5.88 Å². The molecule has 8 nitrogen and oxygen atoms in total. The molecule has 3 heterocycles. The van der Waals surface area contributed by atoms with Crippen LogP contribution in [0.5, 0.6) is 5.88 Å². The number of hydrogen-bond acceptors (Lipinski definition) is 5. The van der Waals surface area contributed by atoms with Gasteiger partial charge in [-0.1, -0.05) is 0 Å². The minimum Gasteiger partial charge on any atom is -0.481 e. The van der Waals surface area contributed by atoms with Crippen molar-refractivity contribution in [2.45, 2.75) is 12.5 Å². The van der Waals surface area contributed by atoms with Crippen LogP contribution in [0.1, 0.15) is 33.2 Å². The molecule has 4 rings (SSSR count). The van der Waals surface area contributed by atoms with Crippen molar-refractivity contribution >= 4 is 17.5 Å². The molecule has 1 fully saturated rings. The lowest BCUT2D eigenvalue weighted by Gasteiger charge is -2.18. The molecule has 0 aliphatic carbocycles. The van der Waals surface area contributed by atoms with Gasteiger partial charge in [0, 0.05) is 54.6 Å². The van der Waals surface area contributed by atoms with Gasteiger partial charge in [-0.2, -0.15) is 0 Å². The topological polar surface area (TPSA) is 89.4 Å². The van der Waals surface area contributed by atoms with E-state index >= 15 is 0 Å². The number of nitrogens with zero attached hydrogens (tertiary/aromatic N) is 4. The summed E-state index contributed by atoms with van der Waals surface area (Å²) in [6, 6.07) is 6.96. The van der Waals surface area contributed by atoms with Crippen LogP contribution in [0, 0.1) is 5.82 Å². The van der Waals surface area contributed by atoms with Gasteiger partial charge in [0.25, 0.3) is 11.8 Å². The summed E-state index contributed by atoms with van der Waals surface area (Å²) in [6.07, 6.45) is 7.53. The molecule has 0 bridgehead atoms. The van der Waals surface area contributed by atoms with Gasteiger partial charge in [-0.25, -0.2) is 14.4 Å². The predicted octanol–water partition coefficient (Wildman–Crippen LogP) is 2.77. The number of rotatable bonds is 5. The van der Waals surface area contributed by atoms with E-state index in [1.165, 1.54) is 43.6 Å². The highest BCUT2D eigenvalue weighted by Gasteiger charge is 2.28. The molecule has 154 valence electrons. The summed E-state index contributed by atoms with van der Waals surface area (Å²) < 4.78 is 21.2. The Labute approximate surface area is 172 Å². The molecule has 3 aromatic rings. The molecule has 1 aromatic carbocycles. The molecule has 0 spiro atoms. The monoisotopic (exact) mass is 409 g/mol. The van der Waals surface area contributed by atoms with E-state index in [0.717, 1.165) is 6.42 Å². The average molecular weight is 409 g/mol. The molecular formula is C21H20FN5O3. The molecule has 1 aliphatic rings. The number of halogens is 1. The van der Waals surface area contributed by atoms with Gasteiger partial charge in [0.05, 0.1) is 19.5 Å². The van der Waals surface area contributed by atoms with Crippen molar-refractivity contribution in [2.24, 2.45) is 0 Å². The molecule has 9 heteroatoms. The first-order valence-corrected chi connectivity index (χ1v) is 9.42. The van der Waals surface area contributed by atoms with E-state index in [1.54, 1.807) is 17.4 Å². The number of aromatic nitrogens is 3. The number of pyridine rings is 1. The van der Waals surface area contributed by atoms with Crippen LogP contribution in [0.4, 0.5) is 10.1 Å². The molecular weight excluding hydrogens is 389 g/mol. The largest absolute Gasteiger partial charge is 0.481 e. The fraction of sp³-hybridized carbons (Fsp3) is 0.238. The van der Waals surface area contributed by atoms with Gasteiger partial charge < -0.3 is 19.5 Å². The van der Waals surface area contributed by atoms with E-state index in [1.807, 2.05) is 10.8 Å². The van der Waals surface area contributed by atoms with Crippen molar-refractivity contribution < 1.29 is 18.7 Å². The number of anilines is 1. The fourth-order valence-corrected chi connectivity index (χ4v) is 3.49. The number of benzene rings is 1. The van der Waals surface area contributed by atoms with E-state index in [-0.39, 0.29) is 23.2 Å². The minimum absolute atomic E-state index is 0.144. The number of ether oxygens (including phenoxy) is 1. The highest BCUT2D eigenvalue weighted by Crippen LogP contribution is 2.24. The second-order valence-corrected chi connectivity index (χ2v) is 6.97. The second-order valence-electron chi connectivity index (χ2n) is 6.97. The van der Waals surface area contributed by atoms with Crippen molar-refractivity contribution in [1.29, 1.82) is 0 Å². The maximum atomic E-state index is 14.2. The summed E-state index contributed by atoms with van der Waals surface area (Å²) in [5, 5.41) is 2.62. The zero-order valence-corrected chi connectivity index (χ0v) is 16.3. The van der Waals surface area contributed by atoms with Crippen LogP contribution >= 0.6 is 0 Å². The first kappa shape index (κ1) is 19.6. The first-order chi connectivity index (χ1) is 14.5. The predicted molar refractivity (Wildman–Crippen MR) is 107 cm³/mol. The Morgan fingerprint density at radius 2 is 2.07 bits per heavy atom. The number of methoxy groups -OCH3 is 1. The summed E-state index contributed by atoms with van der Waals surface area (Å²) in [5.74, 6) is -1.05. The van der Waals surface area contributed by atoms with Crippen molar-refractivity contribution in [3.63, 3.8) is 0 Å². The number of carbonyl (C=O) groups is 2. The molecule has 1 aliphatic heterocycles. The van der Waals surface area contributed by atoms with E-state index in [0.29, 0.717) is 24.5 Å². The van der Waals surface area contributed by atoms with Crippen LogP contribution in [0.2, 0.25) is 0 Å². The lowest BCUT2D eigenvalue weighted by molar-refractivity contribution is 0.0787. The molecule has 1 unspecified atom stereocenters. The summed E-state index contributed by atoms with van der Waals surface area (Å²) in [5.41, 5.74) is 0.690. The Balaban J connectivity index is 1.49. The van der Waals surface area contributed by atoms with Crippen LogP contribution in [0.3, 0.4) is 0 Å². The Morgan fingerprint density at radius 1 is 1.20 bits per heavy atom. The molecule has 30 heavy (non-hydrogen) atoms.